The molecule has 0 N–H and O–H groups in total. The van der Waals surface area contributed by atoms with Crippen molar-refractivity contribution >= 4 is 33.4 Å². The minimum absolute atomic E-state index is 0.995. The van der Waals surface area contributed by atoms with E-state index in [4.69, 9.17) is 0 Å². The van der Waals surface area contributed by atoms with Crippen LogP contribution in [0, 0.1) is 0 Å². The fourth-order valence-corrected chi connectivity index (χ4v) is 5.17. The van der Waals surface area contributed by atoms with E-state index < -0.39 is 0 Å². The zero-order valence-electron chi connectivity index (χ0n) is 22.8. The Kier molecular flexibility index (Phi) is 8.10. The van der Waals surface area contributed by atoms with E-state index in [0.29, 0.717) is 0 Å². The van der Waals surface area contributed by atoms with Crippen LogP contribution in [0.3, 0.4) is 0 Å². The van der Waals surface area contributed by atoms with Gasteiger partial charge in [0.15, 0.2) is 5.71 Å². The molecule has 0 saturated heterocycles. The van der Waals surface area contributed by atoms with Crippen molar-refractivity contribution < 1.29 is 4.58 Å². The zero-order valence-corrected chi connectivity index (χ0v) is 22.8. The maximum absolute atomic E-state index is 2.44. The molecule has 3 nitrogen and oxygen atoms in total. The lowest BCUT2D eigenvalue weighted by atomic mass is 9.87. The van der Waals surface area contributed by atoms with Crippen LogP contribution in [0.2, 0.25) is 0 Å². The van der Waals surface area contributed by atoms with Gasteiger partial charge in [-0.25, -0.2) is 4.58 Å². The van der Waals surface area contributed by atoms with E-state index in [0.717, 1.165) is 26.2 Å². The summed E-state index contributed by atoms with van der Waals surface area (Å²) < 4.78 is 2.39. The predicted molar refractivity (Wildman–Crippen MR) is 159 cm³/mol. The molecule has 0 saturated carbocycles. The van der Waals surface area contributed by atoms with E-state index in [-0.39, 0.29) is 0 Å². The average molecular weight is 479 g/mol. The van der Waals surface area contributed by atoms with Gasteiger partial charge in [-0.1, -0.05) is 42.5 Å². The Balaban J connectivity index is 1.97. The largest absolute Gasteiger partial charge is 0.378 e. The van der Waals surface area contributed by atoms with Crippen molar-refractivity contribution in [2.75, 3.05) is 50.1 Å². The normalized spacial score (nSPS) is 12.8. The monoisotopic (exact) mass is 478 g/mol. The molecule has 0 bridgehead atoms. The lowest BCUT2D eigenvalue weighted by Gasteiger charge is -2.25. The van der Waals surface area contributed by atoms with E-state index in [1.165, 1.54) is 50.1 Å². The summed E-state index contributed by atoms with van der Waals surface area (Å²) in [6.07, 6.45) is 9.11. The number of fused-ring (bicyclic) bond motifs is 1. The lowest BCUT2D eigenvalue weighted by molar-refractivity contribution is -0.519. The molecule has 1 aliphatic rings. The van der Waals surface area contributed by atoms with Crippen LogP contribution in [0.1, 0.15) is 38.8 Å². The van der Waals surface area contributed by atoms with Gasteiger partial charge < -0.3 is 9.80 Å². The predicted octanol–water partition coefficient (Wildman–Crippen LogP) is 7.17. The quantitative estimate of drug-likeness (QED) is 0.317. The van der Waals surface area contributed by atoms with Gasteiger partial charge in [0.1, 0.15) is 13.1 Å². The first-order valence-electron chi connectivity index (χ1n) is 13.3. The molecule has 3 aromatic carbocycles. The second-order valence-electron chi connectivity index (χ2n) is 9.39. The molecule has 0 spiro atoms. The van der Waals surface area contributed by atoms with Crippen molar-refractivity contribution in [3.05, 3.63) is 102 Å². The molecule has 3 heteroatoms. The first kappa shape index (κ1) is 25.5. The van der Waals surface area contributed by atoms with E-state index >= 15 is 0 Å². The molecule has 0 aromatic heterocycles. The van der Waals surface area contributed by atoms with Gasteiger partial charge in [0, 0.05) is 56.1 Å². The van der Waals surface area contributed by atoms with Gasteiger partial charge in [-0.15, -0.1) is 0 Å². The Morgan fingerprint density at radius 1 is 0.694 bits per heavy atom. The number of nitrogens with zero attached hydrogens (tertiary/aromatic N) is 3. The van der Waals surface area contributed by atoms with Crippen LogP contribution in [-0.4, -0.2) is 50.6 Å². The molecule has 0 heterocycles. The summed E-state index contributed by atoms with van der Waals surface area (Å²) in [5.41, 5.74) is 8.80. The smallest absolute Gasteiger partial charge is 0.199 e. The summed E-state index contributed by atoms with van der Waals surface area (Å²) in [5, 5.41) is 2.60. The number of hydrogen-bond donors (Lipinski definition) is 0. The Hall–Kier alpha value is -3.59. The second-order valence-corrected chi connectivity index (χ2v) is 9.39. The van der Waals surface area contributed by atoms with Crippen LogP contribution in [0.5, 0.6) is 0 Å². The average Bonchev–Trinajstić information content (AvgIpc) is 2.92. The minimum atomic E-state index is 0.995. The highest BCUT2D eigenvalue weighted by Gasteiger charge is 2.18. The van der Waals surface area contributed by atoms with Crippen molar-refractivity contribution in [1.82, 2.24) is 0 Å². The number of allylic oxidation sites excluding steroid dienone is 5. The van der Waals surface area contributed by atoms with E-state index in [9.17, 15) is 0 Å². The molecule has 1 aliphatic carbocycles. The van der Waals surface area contributed by atoms with Crippen molar-refractivity contribution in [1.29, 1.82) is 0 Å². The molecule has 0 amide bonds. The molecule has 0 fully saturated rings. The summed E-state index contributed by atoms with van der Waals surface area (Å²) in [6, 6.07) is 22.4. The van der Waals surface area contributed by atoms with Crippen LogP contribution in [0.25, 0.3) is 16.3 Å². The van der Waals surface area contributed by atoms with Crippen molar-refractivity contribution in [2.45, 2.75) is 27.7 Å². The fourth-order valence-electron chi connectivity index (χ4n) is 5.17. The summed E-state index contributed by atoms with van der Waals surface area (Å²) in [7, 11) is 4.18. The van der Waals surface area contributed by atoms with Crippen LogP contribution in [0.15, 0.2) is 90.5 Å². The molecule has 3 aromatic rings. The van der Waals surface area contributed by atoms with E-state index in [1.54, 1.807) is 0 Å². The number of hydrogen-bond acceptors (Lipinski definition) is 2. The van der Waals surface area contributed by atoms with Crippen molar-refractivity contribution in [2.24, 2.45) is 0 Å². The van der Waals surface area contributed by atoms with Crippen molar-refractivity contribution in [3.8, 4) is 0 Å². The van der Waals surface area contributed by atoms with Gasteiger partial charge in [0.25, 0.3) is 0 Å². The van der Waals surface area contributed by atoms with Gasteiger partial charge in [-0.05, 0) is 85.7 Å². The summed E-state index contributed by atoms with van der Waals surface area (Å²) in [4.78, 5) is 4.59. The maximum Gasteiger partial charge on any atom is 0.199 e. The highest BCUT2D eigenvalue weighted by molar-refractivity contribution is 6.07. The third-order valence-electron chi connectivity index (χ3n) is 7.23. The Bertz CT molecular complexity index is 1310. The fraction of sp³-hybridized carbons (Fsp3) is 0.303. The molecule has 0 atom stereocenters. The number of benzene rings is 3. The molecule has 0 unspecified atom stereocenters. The zero-order chi connectivity index (χ0) is 25.7. The third kappa shape index (κ3) is 5.02. The van der Waals surface area contributed by atoms with E-state index in [2.05, 4.69) is 141 Å². The molecule has 4 rings (SSSR count). The van der Waals surface area contributed by atoms with Crippen LogP contribution < -0.4 is 9.80 Å². The minimum Gasteiger partial charge on any atom is -0.378 e. The summed E-state index contributed by atoms with van der Waals surface area (Å²) in [5.74, 6) is 0. The van der Waals surface area contributed by atoms with Gasteiger partial charge in [0.05, 0.1) is 0 Å². The van der Waals surface area contributed by atoms with Gasteiger partial charge in [-0.2, -0.15) is 0 Å². The van der Waals surface area contributed by atoms with Crippen LogP contribution in [-0.2, 0) is 0 Å². The second kappa shape index (κ2) is 11.4. The SMILES string of the molecule is CCN(CC)c1ccc(C(=C2C=CC(=[N+](CC)CC)C=C2)c2ccc(N(C)C)cc2)c2ccccc12. The molecule has 0 aliphatic heterocycles. The van der Waals surface area contributed by atoms with Gasteiger partial charge >= 0.3 is 0 Å². The third-order valence-corrected chi connectivity index (χ3v) is 7.23. The lowest BCUT2D eigenvalue weighted by Crippen LogP contribution is -2.22. The van der Waals surface area contributed by atoms with Crippen LogP contribution in [0.4, 0.5) is 11.4 Å². The van der Waals surface area contributed by atoms with Gasteiger partial charge in [0.2, 0.25) is 0 Å². The molecule has 0 radical (unpaired) electrons. The molecular weight excluding hydrogens is 438 g/mol. The van der Waals surface area contributed by atoms with Gasteiger partial charge in [-0.3, -0.25) is 0 Å². The number of anilines is 2. The molecule has 36 heavy (non-hydrogen) atoms. The Morgan fingerprint density at radius 3 is 1.86 bits per heavy atom. The standard InChI is InChI=1S/C33H40N3/c1-7-35(8-2)28-21-17-26(18-22-28)33(25-15-19-27(20-16-25)34(5)6)31-23-24-32(36(9-3)10-4)30-14-12-11-13-29(30)31/h11-24H,7-10H2,1-6H3/q+1. The first-order valence-corrected chi connectivity index (χ1v) is 13.3. The topological polar surface area (TPSA) is 9.49 Å². The maximum atomic E-state index is 2.44. The van der Waals surface area contributed by atoms with Crippen molar-refractivity contribution in [3.63, 3.8) is 0 Å². The molecule has 186 valence electrons. The van der Waals surface area contributed by atoms with E-state index in [1.807, 2.05) is 0 Å². The number of rotatable bonds is 8. The highest BCUT2D eigenvalue weighted by Crippen LogP contribution is 2.38. The summed E-state index contributed by atoms with van der Waals surface area (Å²) in [6.45, 7) is 12.9. The first-order chi connectivity index (χ1) is 17.5. The summed E-state index contributed by atoms with van der Waals surface area (Å²) >= 11 is 0. The highest BCUT2D eigenvalue weighted by atomic mass is 15.1. The Morgan fingerprint density at radius 2 is 1.31 bits per heavy atom. The molecular formula is C33H40N3+. The Labute approximate surface area is 217 Å². The van der Waals surface area contributed by atoms with Crippen LogP contribution >= 0.6 is 0 Å².